The summed E-state index contributed by atoms with van der Waals surface area (Å²) >= 11 is 10.9. The Morgan fingerprint density at radius 1 is 0.128 bits per heavy atom. The van der Waals surface area contributed by atoms with Gasteiger partial charge in [0.2, 0.25) is 0 Å². The highest BCUT2D eigenvalue weighted by Crippen LogP contribution is 2.53. The molecule has 0 amide bonds. The van der Waals surface area contributed by atoms with Crippen molar-refractivity contribution in [3.8, 4) is 100 Å². The minimum atomic E-state index is -1.44. The number of rotatable bonds is 18. The van der Waals surface area contributed by atoms with E-state index >= 15 is 0 Å². The first-order chi connectivity index (χ1) is 69.4. The Bertz CT molecular complexity index is 8520. The normalized spacial score (nSPS) is 12.6. The van der Waals surface area contributed by atoms with E-state index in [1.165, 1.54) is 104 Å². The molecule has 0 saturated carbocycles. The molecular weight excluding hydrogens is 1910 g/mol. The van der Waals surface area contributed by atoms with E-state index in [1.54, 1.807) is 0 Å². The Labute approximate surface area is 847 Å². The summed E-state index contributed by atoms with van der Waals surface area (Å²) in [6, 6.07) is 189. The molecule has 141 heavy (non-hydrogen) atoms. The summed E-state index contributed by atoms with van der Waals surface area (Å²) < 4.78 is 2.84. The monoisotopic (exact) mass is 2000 g/mol. The van der Waals surface area contributed by atoms with Gasteiger partial charge in [-0.15, -0.1) is 0 Å². The van der Waals surface area contributed by atoms with Crippen LogP contribution in [0.3, 0.4) is 0 Å². The molecule has 24 aromatic carbocycles. The predicted molar refractivity (Wildman–Crippen MR) is 601 cm³/mol. The van der Waals surface area contributed by atoms with E-state index in [4.69, 9.17) is 0 Å². The van der Waals surface area contributed by atoms with Crippen LogP contribution in [-0.4, -0.2) is 15.3 Å². The second-order valence-corrected chi connectivity index (χ2v) is 38.5. The summed E-state index contributed by atoms with van der Waals surface area (Å²) in [4.78, 5) is 0. The SMILES string of the molecule is OC(c1ccc(Br)cc1)(c1ccc(-c2c3ccccc3c(-c3ccccc3)c3ccccc23)cc1)c1ccccc1-c1ccccc1.OC(c1ccc(Br)cc1)(c1cccc(-c2c3ccccc3c(-c3ccccc3)c3ccccc23)c1)c1ccccc1-c1ccccc1.OC(c1cccc(Br)c1)(c1cccc(-c2c3ccccc3c(-c3ccccc3)c3ccccc23)c1)c1ccccc1-c1ccccc1. The van der Waals surface area contributed by atoms with Gasteiger partial charge in [-0.1, -0.05) is 545 Å². The first-order valence-corrected chi connectivity index (χ1v) is 50.0. The first kappa shape index (κ1) is 90.3. The molecule has 0 radical (unpaired) electrons. The lowest BCUT2D eigenvalue weighted by Gasteiger charge is -2.33. The maximum Gasteiger partial charge on any atom is 0.141 e. The molecule has 0 aliphatic rings. The Balaban J connectivity index is 0.000000121. The molecule has 0 aromatic heterocycles. The highest BCUT2D eigenvalue weighted by atomic mass is 79.9. The highest BCUT2D eigenvalue weighted by Gasteiger charge is 2.40. The predicted octanol–water partition coefficient (Wildman–Crippen LogP) is 36.1. The van der Waals surface area contributed by atoms with Crippen LogP contribution in [0.2, 0.25) is 0 Å². The molecule has 0 aliphatic carbocycles. The van der Waals surface area contributed by atoms with Crippen LogP contribution >= 0.6 is 47.8 Å². The summed E-state index contributed by atoms with van der Waals surface area (Å²) in [7, 11) is 0. The molecule has 0 bridgehead atoms. The van der Waals surface area contributed by atoms with Crippen molar-refractivity contribution in [3.63, 3.8) is 0 Å². The minimum Gasteiger partial charge on any atom is -0.376 e. The smallest absolute Gasteiger partial charge is 0.141 e. The van der Waals surface area contributed by atoms with Crippen molar-refractivity contribution in [2.75, 3.05) is 0 Å². The van der Waals surface area contributed by atoms with Crippen molar-refractivity contribution in [2.24, 2.45) is 0 Å². The number of benzene rings is 24. The molecule has 0 heterocycles. The molecule has 3 N–H and O–H groups in total. The molecule has 6 heteroatoms. The molecule has 0 spiro atoms. The van der Waals surface area contributed by atoms with Crippen LogP contribution in [0, 0.1) is 0 Å². The molecule has 3 atom stereocenters. The Kier molecular flexibility index (Phi) is 25.3. The van der Waals surface area contributed by atoms with Gasteiger partial charge in [0.1, 0.15) is 16.8 Å². The third-order valence-corrected chi connectivity index (χ3v) is 29.2. The Hall–Kier alpha value is -15.8. The number of hydrogen-bond donors (Lipinski definition) is 3. The van der Waals surface area contributed by atoms with E-state index in [0.29, 0.717) is 0 Å². The first-order valence-electron chi connectivity index (χ1n) is 47.6. The van der Waals surface area contributed by atoms with Crippen molar-refractivity contribution in [3.05, 3.63) is 609 Å². The second kappa shape index (κ2) is 39.6. The maximum atomic E-state index is 13.3. The van der Waals surface area contributed by atoms with Gasteiger partial charge in [0.25, 0.3) is 0 Å². The van der Waals surface area contributed by atoms with Crippen molar-refractivity contribution < 1.29 is 15.3 Å². The fraction of sp³-hybridized carbons (Fsp3) is 0.0222. The number of fused-ring (bicyclic) bond motifs is 6. The van der Waals surface area contributed by atoms with Crippen molar-refractivity contribution >= 4 is 112 Å². The zero-order chi connectivity index (χ0) is 95.4. The van der Waals surface area contributed by atoms with E-state index < -0.39 is 16.8 Å². The topological polar surface area (TPSA) is 60.7 Å². The number of hydrogen-bond acceptors (Lipinski definition) is 3. The van der Waals surface area contributed by atoms with E-state index in [1.807, 2.05) is 170 Å². The van der Waals surface area contributed by atoms with Crippen LogP contribution in [0.4, 0.5) is 0 Å². The van der Waals surface area contributed by atoms with Crippen LogP contribution in [-0.2, 0) is 16.8 Å². The fourth-order valence-corrected chi connectivity index (χ4v) is 22.2. The van der Waals surface area contributed by atoms with Gasteiger partial charge in [-0.3, -0.25) is 0 Å². The third kappa shape index (κ3) is 17.1. The van der Waals surface area contributed by atoms with Crippen molar-refractivity contribution in [1.29, 1.82) is 0 Å². The lowest BCUT2D eigenvalue weighted by Crippen LogP contribution is -2.29. The van der Waals surface area contributed by atoms with Gasteiger partial charge in [-0.25, -0.2) is 0 Å². The largest absolute Gasteiger partial charge is 0.376 e. The number of aliphatic hydroxyl groups is 3. The van der Waals surface area contributed by atoms with Gasteiger partial charge >= 0.3 is 0 Å². The van der Waals surface area contributed by atoms with Gasteiger partial charge in [-0.2, -0.15) is 0 Å². The summed E-state index contributed by atoms with van der Waals surface area (Å²) in [5, 5.41) is 53.9. The van der Waals surface area contributed by atoms with Gasteiger partial charge in [0.05, 0.1) is 0 Å². The molecule has 24 aromatic rings. The second-order valence-electron chi connectivity index (χ2n) is 35.8. The molecule has 0 aliphatic heterocycles. The average Bonchev–Trinajstić information content (AvgIpc) is 0.734. The van der Waals surface area contributed by atoms with Crippen LogP contribution in [0.25, 0.3) is 165 Å². The number of halogens is 3. The molecule has 0 fully saturated rings. The quantitative estimate of drug-likeness (QED) is 0.0593. The standard InChI is InChI=1S/3C45H31BrO/c46-36-22-14-21-35(30-36)45(47,42-28-12-11-23-37(42)31-15-3-1-4-16-31)34-20-13-19-33(29-34)44-40-26-9-7-24-38(40)43(32-17-5-2-6-18-32)39-25-8-10-27-41(39)44;46-36-28-26-34(27-29-36)45(47,42-25-12-11-20-37(42)31-14-3-1-4-15-31)35-19-13-18-33(30-35)44-40-23-9-7-21-38(40)43(32-16-5-2-6-17-32)39-22-8-10-24-41(39)44;46-36-29-27-35(28-30-36)45(47,42-22-12-11-17-37(42)31-13-3-1-4-14-31)34-25-23-33(24-26-34)44-40-20-9-7-18-38(40)43(32-15-5-2-6-16-32)39-19-8-10-21-41(39)44/h3*1-30,47H. The molecule has 672 valence electrons. The van der Waals surface area contributed by atoms with E-state index in [9.17, 15) is 15.3 Å². The maximum absolute atomic E-state index is 13.3. The van der Waals surface area contributed by atoms with E-state index in [2.05, 4.69) is 424 Å². The van der Waals surface area contributed by atoms with Gasteiger partial charge < -0.3 is 15.3 Å². The minimum absolute atomic E-state index is 0.793. The van der Waals surface area contributed by atoms with E-state index in [-0.39, 0.29) is 0 Å². The highest BCUT2D eigenvalue weighted by molar-refractivity contribution is 9.11. The summed E-state index contributed by atoms with van der Waals surface area (Å²) in [5.41, 5.74) is 23.3. The lowest BCUT2D eigenvalue weighted by molar-refractivity contribution is 0.126. The van der Waals surface area contributed by atoms with Gasteiger partial charge in [-0.05, 0) is 247 Å². The van der Waals surface area contributed by atoms with Gasteiger partial charge in [0, 0.05) is 30.1 Å². The fourth-order valence-electron chi connectivity index (χ4n) is 21.3. The van der Waals surface area contributed by atoms with Gasteiger partial charge in [0.15, 0.2) is 0 Å². The van der Waals surface area contributed by atoms with Crippen LogP contribution < -0.4 is 0 Å². The van der Waals surface area contributed by atoms with Crippen LogP contribution in [0.5, 0.6) is 0 Å². The summed E-state index contributed by atoms with van der Waals surface area (Å²) in [6.07, 6.45) is 0. The zero-order valence-electron chi connectivity index (χ0n) is 76.9. The van der Waals surface area contributed by atoms with Crippen molar-refractivity contribution in [1.82, 2.24) is 0 Å². The molecular formula is C135H93Br3O3. The Morgan fingerprint density at radius 3 is 0.574 bits per heavy atom. The van der Waals surface area contributed by atoms with Crippen LogP contribution in [0.15, 0.2) is 559 Å². The van der Waals surface area contributed by atoms with Crippen molar-refractivity contribution in [2.45, 2.75) is 16.8 Å². The summed E-state index contributed by atoms with van der Waals surface area (Å²) in [6.45, 7) is 0. The lowest BCUT2D eigenvalue weighted by atomic mass is 9.76. The summed E-state index contributed by atoms with van der Waals surface area (Å²) in [5.74, 6) is 0. The third-order valence-electron chi connectivity index (χ3n) is 27.7. The molecule has 24 rings (SSSR count). The van der Waals surface area contributed by atoms with Crippen LogP contribution in [0.1, 0.15) is 50.1 Å². The molecule has 3 nitrogen and oxygen atoms in total. The molecule has 3 unspecified atom stereocenters. The average molecular weight is 2000 g/mol. The zero-order valence-corrected chi connectivity index (χ0v) is 81.7. The Morgan fingerprint density at radius 2 is 0.312 bits per heavy atom. The van der Waals surface area contributed by atoms with E-state index in [0.717, 1.165) is 125 Å². The molecule has 0 saturated heterocycles.